The molecular formula is C17H16BrN3O2S. The van der Waals surface area contributed by atoms with Crippen molar-refractivity contribution < 1.29 is 8.42 Å². The molecule has 3 rings (SSSR count). The Morgan fingerprint density at radius 1 is 1.08 bits per heavy atom. The van der Waals surface area contributed by atoms with Crippen molar-refractivity contribution >= 4 is 31.6 Å². The Morgan fingerprint density at radius 2 is 1.79 bits per heavy atom. The highest BCUT2D eigenvalue weighted by molar-refractivity contribution is 9.10. The summed E-state index contributed by atoms with van der Waals surface area (Å²) in [7, 11) is -3.72. The predicted molar refractivity (Wildman–Crippen MR) is 98.0 cm³/mol. The fraction of sp³-hybridized carbons (Fsp3) is 0.118. The number of hydrogen-bond acceptors (Lipinski definition) is 3. The number of rotatable bonds is 4. The monoisotopic (exact) mass is 405 g/mol. The summed E-state index contributed by atoms with van der Waals surface area (Å²) in [6.07, 6.45) is 1.53. The molecule has 2 aromatic carbocycles. The van der Waals surface area contributed by atoms with E-state index in [1.165, 1.54) is 6.20 Å². The van der Waals surface area contributed by atoms with Crippen LogP contribution in [0.25, 0.3) is 5.69 Å². The molecule has 0 aliphatic rings. The Kier molecular flexibility index (Phi) is 4.47. The number of nitrogens with zero attached hydrogens (tertiary/aromatic N) is 2. The van der Waals surface area contributed by atoms with Crippen molar-refractivity contribution in [2.24, 2.45) is 0 Å². The van der Waals surface area contributed by atoms with Crippen LogP contribution in [0.15, 0.2) is 64.1 Å². The van der Waals surface area contributed by atoms with Crippen molar-refractivity contribution in [3.05, 3.63) is 70.5 Å². The lowest BCUT2D eigenvalue weighted by atomic mass is 10.2. The molecule has 0 spiro atoms. The summed E-state index contributed by atoms with van der Waals surface area (Å²) in [6.45, 7) is 3.53. The summed E-state index contributed by atoms with van der Waals surface area (Å²) >= 11 is 3.37. The van der Waals surface area contributed by atoms with Crippen molar-refractivity contribution in [2.45, 2.75) is 18.7 Å². The number of para-hydroxylation sites is 1. The van der Waals surface area contributed by atoms with Gasteiger partial charge in [-0.3, -0.25) is 4.72 Å². The normalized spacial score (nSPS) is 11.5. The van der Waals surface area contributed by atoms with Gasteiger partial charge in [0.2, 0.25) is 0 Å². The van der Waals surface area contributed by atoms with E-state index in [2.05, 4.69) is 25.8 Å². The average molecular weight is 406 g/mol. The molecular weight excluding hydrogens is 390 g/mol. The van der Waals surface area contributed by atoms with Crippen molar-refractivity contribution in [2.75, 3.05) is 4.72 Å². The van der Waals surface area contributed by atoms with Crippen LogP contribution in [0.4, 0.5) is 5.69 Å². The number of anilines is 1. The molecule has 0 unspecified atom stereocenters. The quantitative estimate of drug-likeness (QED) is 0.711. The molecule has 0 radical (unpaired) electrons. The van der Waals surface area contributed by atoms with E-state index in [0.717, 1.165) is 15.7 Å². The first kappa shape index (κ1) is 16.7. The molecule has 5 nitrogen and oxygen atoms in total. The third-order valence-corrected chi connectivity index (χ3v) is 5.56. The van der Waals surface area contributed by atoms with Gasteiger partial charge in [-0.1, -0.05) is 34.1 Å². The van der Waals surface area contributed by atoms with Gasteiger partial charge in [0.25, 0.3) is 10.0 Å². The SMILES string of the molecule is Cc1cc(Br)ccc1NS(=O)(=O)c1cn(-c2ccccc2)nc1C. The number of hydrogen-bond donors (Lipinski definition) is 1. The van der Waals surface area contributed by atoms with Gasteiger partial charge in [0.15, 0.2) is 0 Å². The minimum Gasteiger partial charge on any atom is -0.279 e. The lowest BCUT2D eigenvalue weighted by molar-refractivity contribution is 0.600. The summed E-state index contributed by atoms with van der Waals surface area (Å²) in [6, 6.07) is 14.8. The summed E-state index contributed by atoms with van der Waals surface area (Å²) < 4.78 is 30.6. The van der Waals surface area contributed by atoms with E-state index in [-0.39, 0.29) is 4.90 Å². The van der Waals surface area contributed by atoms with E-state index < -0.39 is 10.0 Å². The second kappa shape index (κ2) is 6.41. The predicted octanol–water partition coefficient (Wildman–Crippen LogP) is 4.05. The number of aromatic nitrogens is 2. The molecule has 1 heterocycles. The maximum atomic E-state index is 12.7. The lowest BCUT2D eigenvalue weighted by Gasteiger charge is -2.10. The van der Waals surface area contributed by atoms with Crippen LogP contribution in [0, 0.1) is 13.8 Å². The van der Waals surface area contributed by atoms with E-state index in [9.17, 15) is 8.42 Å². The Balaban J connectivity index is 1.97. The highest BCUT2D eigenvalue weighted by atomic mass is 79.9. The number of nitrogens with one attached hydrogen (secondary N) is 1. The highest BCUT2D eigenvalue weighted by Gasteiger charge is 2.21. The second-order valence-corrected chi connectivity index (χ2v) is 7.99. The molecule has 0 saturated heterocycles. The van der Waals surface area contributed by atoms with Crippen LogP contribution in [0.2, 0.25) is 0 Å². The smallest absolute Gasteiger partial charge is 0.265 e. The van der Waals surface area contributed by atoms with Crippen LogP contribution in [0.1, 0.15) is 11.3 Å². The van der Waals surface area contributed by atoms with Crippen molar-refractivity contribution in [1.29, 1.82) is 0 Å². The molecule has 1 aromatic heterocycles. The molecule has 0 aliphatic carbocycles. The highest BCUT2D eigenvalue weighted by Crippen LogP contribution is 2.24. The standard InChI is InChI=1S/C17H16BrN3O2S/c1-12-10-14(18)8-9-16(12)20-24(22,23)17-11-21(19-13(17)2)15-6-4-3-5-7-15/h3-11,20H,1-2H3. The van der Waals surface area contributed by atoms with Crippen LogP contribution in [0.5, 0.6) is 0 Å². The topological polar surface area (TPSA) is 64.0 Å². The molecule has 0 fully saturated rings. The zero-order valence-electron chi connectivity index (χ0n) is 13.2. The van der Waals surface area contributed by atoms with Crippen LogP contribution in [-0.2, 0) is 10.0 Å². The van der Waals surface area contributed by atoms with Crippen molar-refractivity contribution in [3.63, 3.8) is 0 Å². The van der Waals surface area contributed by atoms with Gasteiger partial charge in [0.1, 0.15) is 4.90 Å². The molecule has 1 N–H and O–H groups in total. The first-order valence-electron chi connectivity index (χ1n) is 7.27. The van der Waals surface area contributed by atoms with Crippen LogP contribution < -0.4 is 4.72 Å². The molecule has 3 aromatic rings. The van der Waals surface area contributed by atoms with Gasteiger partial charge in [-0.15, -0.1) is 0 Å². The molecule has 124 valence electrons. The Hall–Kier alpha value is -2.12. The maximum absolute atomic E-state index is 12.7. The molecule has 0 aliphatic heterocycles. The van der Waals surface area contributed by atoms with Crippen LogP contribution in [-0.4, -0.2) is 18.2 Å². The molecule has 0 bridgehead atoms. The second-order valence-electron chi connectivity index (χ2n) is 5.42. The molecule has 0 atom stereocenters. The van der Waals surface area contributed by atoms with E-state index in [1.54, 1.807) is 23.7 Å². The van der Waals surface area contributed by atoms with Gasteiger partial charge < -0.3 is 0 Å². The van der Waals surface area contributed by atoms with Crippen molar-refractivity contribution in [3.8, 4) is 5.69 Å². The Labute approximate surface area is 149 Å². The van der Waals surface area contributed by atoms with Gasteiger partial charge in [-0.05, 0) is 49.7 Å². The van der Waals surface area contributed by atoms with Gasteiger partial charge in [-0.25, -0.2) is 13.1 Å². The first-order valence-corrected chi connectivity index (χ1v) is 9.55. The van der Waals surface area contributed by atoms with Crippen LogP contribution in [0.3, 0.4) is 0 Å². The fourth-order valence-corrected chi connectivity index (χ4v) is 4.13. The number of aryl methyl sites for hydroxylation is 2. The minimum absolute atomic E-state index is 0.161. The zero-order chi connectivity index (χ0) is 17.3. The Morgan fingerprint density at radius 3 is 2.46 bits per heavy atom. The average Bonchev–Trinajstić information content (AvgIpc) is 2.94. The Bertz CT molecular complexity index is 982. The zero-order valence-corrected chi connectivity index (χ0v) is 15.6. The summed E-state index contributed by atoms with van der Waals surface area (Å²) in [5.74, 6) is 0. The van der Waals surface area contributed by atoms with Gasteiger partial charge in [0.05, 0.1) is 23.3 Å². The van der Waals surface area contributed by atoms with E-state index in [1.807, 2.05) is 43.3 Å². The third-order valence-electron chi connectivity index (χ3n) is 3.60. The number of halogens is 1. The largest absolute Gasteiger partial charge is 0.279 e. The van der Waals surface area contributed by atoms with Gasteiger partial charge in [0, 0.05) is 4.47 Å². The van der Waals surface area contributed by atoms with Gasteiger partial charge in [-0.2, -0.15) is 5.10 Å². The first-order chi connectivity index (χ1) is 11.4. The molecule has 0 saturated carbocycles. The number of sulfonamides is 1. The van der Waals surface area contributed by atoms with E-state index >= 15 is 0 Å². The lowest BCUT2D eigenvalue weighted by Crippen LogP contribution is -2.14. The van der Waals surface area contributed by atoms with E-state index in [4.69, 9.17) is 0 Å². The van der Waals surface area contributed by atoms with E-state index in [0.29, 0.717) is 11.4 Å². The van der Waals surface area contributed by atoms with Crippen LogP contribution >= 0.6 is 15.9 Å². The summed E-state index contributed by atoms with van der Waals surface area (Å²) in [4.78, 5) is 0.161. The molecule has 24 heavy (non-hydrogen) atoms. The van der Waals surface area contributed by atoms with Gasteiger partial charge >= 0.3 is 0 Å². The third kappa shape index (κ3) is 3.37. The van der Waals surface area contributed by atoms with Crippen molar-refractivity contribution in [1.82, 2.24) is 9.78 Å². The molecule has 0 amide bonds. The summed E-state index contributed by atoms with van der Waals surface area (Å²) in [5.41, 5.74) is 2.63. The maximum Gasteiger partial charge on any atom is 0.265 e. The molecule has 7 heteroatoms. The minimum atomic E-state index is -3.72. The summed E-state index contributed by atoms with van der Waals surface area (Å²) in [5, 5.41) is 4.32. The fourth-order valence-electron chi connectivity index (χ4n) is 2.36. The number of benzene rings is 2.